The molecule has 100 valence electrons. The van der Waals surface area contributed by atoms with E-state index in [1.807, 2.05) is 0 Å². The smallest absolute Gasteiger partial charge is 0.0438 e. The number of halogens is 2. The van der Waals surface area contributed by atoms with Gasteiger partial charge in [0.1, 0.15) is 0 Å². The molecule has 0 aromatic heterocycles. The van der Waals surface area contributed by atoms with Gasteiger partial charge < -0.3 is 0 Å². The average molecular weight is 382 g/mol. The number of aryl methyl sites for hydroxylation is 3. The lowest BCUT2D eigenvalue weighted by Crippen LogP contribution is -1.99. The zero-order chi connectivity index (χ0) is 14.0. The van der Waals surface area contributed by atoms with Crippen LogP contribution in [0.25, 0.3) is 0 Å². The van der Waals surface area contributed by atoms with E-state index in [1.54, 1.807) is 0 Å². The van der Waals surface area contributed by atoms with Crippen molar-refractivity contribution in [3.05, 3.63) is 68.7 Å². The minimum absolute atomic E-state index is 0.364. The zero-order valence-electron chi connectivity index (χ0n) is 11.5. The normalized spacial score (nSPS) is 12.5. The molecule has 1 unspecified atom stereocenters. The lowest BCUT2D eigenvalue weighted by atomic mass is 9.98. The van der Waals surface area contributed by atoms with Crippen molar-refractivity contribution in [2.45, 2.75) is 32.0 Å². The number of benzene rings is 2. The van der Waals surface area contributed by atoms with E-state index in [2.05, 4.69) is 89.0 Å². The van der Waals surface area contributed by atoms with Gasteiger partial charge in [-0.15, -0.1) is 0 Å². The molecule has 0 radical (unpaired) electrons. The minimum atomic E-state index is 0.364. The maximum absolute atomic E-state index is 3.83. The summed E-state index contributed by atoms with van der Waals surface area (Å²) in [6, 6.07) is 13.2. The van der Waals surface area contributed by atoms with Crippen LogP contribution in [0.2, 0.25) is 0 Å². The molecular formula is C17H18Br2. The summed E-state index contributed by atoms with van der Waals surface area (Å²) in [5, 5.41) is 0. The molecule has 0 bridgehead atoms. The van der Waals surface area contributed by atoms with E-state index in [0.717, 1.165) is 10.9 Å². The standard InChI is InChI=1S/C17H18Br2/c1-11-4-5-14(8-12(11)2)10-17(19)16-7-6-15(18)9-13(16)3/h4-9,17H,10H2,1-3H3. The number of rotatable bonds is 3. The van der Waals surface area contributed by atoms with Crippen LogP contribution < -0.4 is 0 Å². The molecule has 1 atom stereocenters. The Morgan fingerprint density at radius 3 is 2.26 bits per heavy atom. The van der Waals surface area contributed by atoms with Crippen molar-refractivity contribution < 1.29 is 0 Å². The van der Waals surface area contributed by atoms with Crippen LogP contribution >= 0.6 is 31.9 Å². The van der Waals surface area contributed by atoms with Crippen LogP contribution in [0.3, 0.4) is 0 Å². The molecule has 0 nitrogen and oxygen atoms in total. The first kappa shape index (κ1) is 14.8. The number of hydrogen-bond acceptors (Lipinski definition) is 0. The highest BCUT2D eigenvalue weighted by Gasteiger charge is 2.11. The van der Waals surface area contributed by atoms with E-state index in [1.165, 1.54) is 27.8 Å². The van der Waals surface area contributed by atoms with Crippen molar-refractivity contribution >= 4 is 31.9 Å². The number of hydrogen-bond donors (Lipinski definition) is 0. The Balaban J connectivity index is 2.20. The Morgan fingerprint density at radius 1 is 0.895 bits per heavy atom. The van der Waals surface area contributed by atoms with Gasteiger partial charge in [0.2, 0.25) is 0 Å². The van der Waals surface area contributed by atoms with E-state index in [0.29, 0.717) is 4.83 Å². The van der Waals surface area contributed by atoms with Crippen LogP contribution in [-0.4, -0.2) is 0 Å². The van der Waals surface area contributed by atoms with Crippen molar-refractivity contribution in [2.24, 2.45) is 0 Å². The highest BCUT2D eigenvalue weighted by molar-refractivity contribution is 9.10. The third-order valence-corrected chi connectivity index (χ3v) is 4.87. The third kappa shape index (κ3) is 3.70. The van der Waals surface area contributed by atoms with Gasteiger partial charge >= 0.3 is 0 Å². The van der Waals surface area contributed by atoms with E-state index in [9.17, 15) is 0 Å². The fourth-order valence-corrected chi connectivity index (χ4v) is 3.60. The molecule has 0 spiro atoms. The lowest BCUT2D eigenvalue weighted by Gasteiger charge is -2.14. The Hall–Kier alpha value is -0.600. The van der Waals surface area contributed by atoms with Crippen LogP contribution in [0.5, 0.6) is 0 Å². The Labute approximate surface area is 132 Å². The highest BCUT2D eigenvalue weighted by Crippen LogP contribution is 2.31. The third-order valence-electron chi connectivity index (χ3n) is 3.56. The van der Waals surface area contributed by atoms with Gasteiger partial charge in [-0.05, 0) is 67.1 Å². The van der Waals surface area contributed by atoms with E-state index in [-0.39, 0.29) is 0 Å². The molecule has 0 aliphatic rings. The molecule has 0 aliphatic heterocycles. The topological polar surface area (TPSA) is 0 Å². The van der Waals surface area contributed by atoms with Crippen LogP contribution in [0.1, 0.15) is 32.6 Å². The molecule has 2 heteroatoms. The molecule has 0 saturated heterocycles. The van der Waals surface area contributed by atoms with Gasteiger partial charge in [-0.25, -0.2) is 0 Å². The van der Waals surface area contributed by atoms with Gasteiger partial charge in [-0.1, -0.05) is 56.1 Å². The van der Waals surface area contributed by atoms with E-state index in [4.69, 9.17) is 0 Å². The molecule has 0 N–H and O–H groups in total. The van der Waals surface area contributed by atoms with Crippen molar-refractivity contribution in [3.8, 4) is 0 Å². The van der Waals surface area contributed by atoms with Crippen molar-refractivity contribution in [1.82, 2.24) is 0 Å². The van der Waals surface area contributed by atoms with Gasteiger partial charge in [0.15, 0.2) is 0 Å². The number of alkyl halides is 1. The molecule has 2 aromatic rings. The molecule has 2 rings (SSSR count). The van der Waals surface area contributed by atoms with Crippen LogP contribution in [0, 0.1) is 20.8 Å². The Bertz CT molecular complexity index is 588. The molecule has 0 fully saturated rings. The molecule has 0 aliphatic carbocycles. The highest BCUT2D eigenvalue weighted by atomic mass is 79.9. The van der Waals surface area contributed by atoms with Gasteiger partial charge in [0.05, 0.1) is 0 Å². The van der Waals surface area contributed by atoms with E-state index < -0.39 is 0 Å². The maximum atomic E-state index is 3.83. The second kappa shape index (κ2) is 6.23. The largest absolute Gasteiger partial charge is 0.0835 e. The summed E-state index contributed by atoms with van der Waals surface area (Å²) in [5.74, 6) is 0. The molecule has 0 heterocycles. The molecular weight excluding hydrogens is 364 g/mol. The average Bonchev–Trinajstić information content (AvgIpc) is 2.33. The summed E-state index contributed by atoms with van der Waals surface area (Å²) in [6.07, 6.45) is 1.02. The summed E-state index contributed by atoms with van der Waals surface area (Å²) in [6.45, 7) is 6.49. The van der Waals surface area contributed by atoms with Crippen molar-refractivity contribution in [1.29, 1.82) is 0 Å². The summed E-state index contributed by atoms with van der Waals surface area (Å²) >= 11 is 7.34. The van der Waals surface area contributed by atoms with Gasteiger partial charge in [0, 0.05) is 9.30 Å². The predicted molar refractivity (Wildman–Crippen MR) is 90.2 cm³/mol. The van der Waals surface area contributed by atoms with Crippen molar-refractivity contribution in [2.75, 3.05) is 0 Å². The van der Waals surface area contributed by atoms with Gasteiger partial charge in [-0.2, -0.15) is 0 Å². The first-order valence-electron chi connectivity index (χ1n) is 6.43. The molecule has 0 amide bonds. The fraction of sp³-hybridized carbons (Fsp3) is 0.294. The minimum Gasteiger partial charge on any atom is -0.0835 e. The quantitative estimate of drug-likeness (QED) is 0.567. The summed E-state index contributed by atoms with van der Waals surface area (Å²) in [4.78, 5) is 0.364. The van der Waals surface area contributed by atoms with Gasteiger partial charge in [-0.3, -0.25) is 0 Å². The molecule has 2 aromatic carbocycles. The first-order valence-corrected chi connectivity index (χ1v) is 8.14. The molecule has 0 saturated carbocycles. The van der Waals surface area contributed by atoms with Crippen LogP contribution in [0.4, 0.5) is 0 Å². The molecule has 19 heavy (non-hydrogen) atoms. The Morgan fingerprint density at radius 2 is 1.63 bits per heavy atom. The second-order valence-corrected chi connectivity index (χ2v) is 7.11. The second-order valence-electron chi connectivity index (χ2n) is 5.09. The van der Waals surface area contributed by atoms with Gasteiger partial charge in [0.25, 0.3) is 0 Å². The van der Waals surface area contributed by atoms with Crippen LogP contribution in [-0.2, 0) is 6.42 Å². The van der Waals surface area contributed by atoms with Crippen LogP contribution in [0.15, 0.2) is 40.9 Å². The lowest BCUT2D eigenvalue weighted by molar-refractivity contribution is 0.934. The first-order chi connectivity index (χ1) is 8.97. The predicted octanol–water partition coefficient (Wildman–Crippen LogP) is 6.05. The van der Waals surface area contributed by atoms with E-state index >= 15 is 0 Å². The summed E-state index contributed by atoms with van der Waals surface area (Å²) < 4.78 is 1.14. The fourth-order valence-electron chi connectivity index (χ4n) is 2.24. The van der Waals surface area contributed by atoms with Crippen molar-refractivity contribution in [3.63, 3.8) is 0 Å². The summed E-state index contributed by atoms with van der Waals surface area (Å²) in [7, 11) is 0. The monoisotopic (exact) mass is 380 g/mol. The SMILES string of the molecule is Cc1ccc(CC(Br)c2ccc(Br)cc2C)cc1C. The summed E-state index contributed by atoms with van der Waals surface area (Å²) in [5.41, 5.74) is 6.79. The zero-order valence-corrected chi connectivity index (χ0v) is 14.7. The maximum Gasteiger partial charge on any atom is 0.0438 e. The Kier molecular flexibility index (Phi) is 4.86.